The van der Waals surface area contributed by atoms with Gasteiger partial charge >= 0.3 is 12.5 Å². The van der Waals surface area contributed by atoms with Gasteiger partial charge in [-0.15, -0.1) is 13.2 Å². The van der Waals surface area contributed by atoms with E-state index in [2.05, 4.69) is 9.47 Å². The van der Waals surface area contributed by atoms with E-state index in [4.69, 9.17) is 0 Å². The minimum Gasteiger partial charge on any atom is -0.432 e. The van der Waals surface area contributed by atoms with Crippen LogP contribution in [0.5, 0.6) is 11.5 Å². The maximum atomic E-state index is 14.4. The van der Waals surface area contributed by atoms with Crippen LogP contribution < -0.4 is 9.47 Å². The van der Waals surface area contributed by atoms with Crippen molar-refractivity contribution < 1.29 is 44.6 Å². The van der Waals surface area contributed by atoms with Crippen LogP contribution in [0.4, 0.5) is 35.1 Å². The average Bonchev–Trinajstić information content (AvgIpc) is 2.68. The van der Waals surface area contributed by atoms with E-state index in [0.29, 0.717) is 17.7 Å². The summed E-state index contributed by atoms with van der Waals surface area (Å²) in [6, 6.07) is 10.3. The lowest BCUT2D eigenvalue weighted by Crippen LogP contribution is -2.26. The molecule has 10 heteroatoms. The zero-order valence-corrected chi connectivity index (χ0v) is 17.0. The highest BCUT2D eigenvalue weighted by atomic mass is 19.4. The van der Waals surface area contributed by atoms with Gasteiger partial charge in [-0.05, 0) is 48.7 Å². The van der Waals surface area contributed by atoms with Crippen molar-refractivity contribution in [2.75, 3.05) is 0 Å². The van der Waals surface area contributed by atoms with E-state index in [-0.39, 0.29) is 11.6 Å². The highest BCUT2D eigenvalue weighted by Gasteiger charge is 2.34. The van der Waals surface area contributed by atoms with Gasteiger partial charge in [0.15, 0.2) is 11.6 Å². The Morgan fingerprint density at radius 1 is 0.697 bits per heavy atom. The maximum Gasteiger partial charge on any atom is 0.573 e. The van der Waals surface area contributed by atoms with Crippen molar-refractivity contribution in [1.29, 1.82) is 0 Å². The molecule has 33 heavy (non-hydrogen) atoms. The Hall–Kier alpha value is -3.30. The highest BCUT2D eigenvalue weighted by Crippen LogP contribution is 2.33. The molecule has 0 spiro atoms. The van der Waals surface area contributed by atoms with E-state index in [1.807, 2.05) is 6.92 Å². The number of halogens is 8. The molecule has 0 aliphatic heterocycles. The Labute approximate surface area is 183 Å². The number of benzene rings is 3. The van der Waals surface area contributed by atoms with Crippen LogP contribution in [0, 0.1) is 24.4 Å². The standard InChI is InChI=1S/C23H16F8O2/c1-13-2-4-14(5-3-13)15-10-18(24)17(19(25)11-15)8-9-22(27,28)32-16-6-7-21(20(26)12-16)33-23(29,30)31/h2-7,10-12H,8-9H2,1H3. The van der Waals surface area contributed by atoms with Gasteiger partial charge in [0.25, 0.3) is 0 Å². The molecular weight excluding hydrogens is 460 g/mol. The van der Waals surface area contributed by atoms with Crippen LogP contribution in [0.1, 0.15) is 17.5 Å². The summed E-state index contributed by atoms with van der Waals surface area (Å²) < 4.78 is 115. The third-order valence-corrected chi connectivity index (χ3v) is 4.59. The van der Waals surface area contributed by atoms with Crippen molar-refractivity contribution in [2.45, 2.75) is 32.2 Å². The van der Waals surface area contributed by atoms with Crippen molar-refractivity contribution in [1.82, 2.24) is 0 Å². The van der Waals surface area contributed by atoms with E-state index in [1.165, 1.54) is 0 Å². The number of ether oxygens (including phenoxy) is 2. The molecule has 0 saturated heterocycles. The minimum absolute atomic E-state index is 0.230. The molecule has 0 atom stereocenters. The summed E-state index contributed by atoms with van der Waals surface area (Å²) in [7, 11) is 0. The Morgan fingerprint density at radius 2 is 1.30 bits per heavy atom. The summed E-state index contributed by atoms with van der Waals surface area (Å²) in [6.45, 7) is 1.84. The van der Waals surface area contributed by atoms with Crippen LogP contribution in [0.3, 0.4) is 0 Å². The number of hydrogen-bond donors (Lipinski definition) is 0. The number of aryl methyl sites for hydroxylation is 1. The van der Waals surface area contributed by atoms with Gasteiger partial charge in [-0.25, -0.2) is 13.2 Å². The molecule has 0 unspecified atom stereocenters. The molecule has 0 aliphatic carbocycles. The first-order valence-electron chi connectivity index (χ1n) is 9.50. The van der Waals surface area contributed by atoms with Gasteiger partial charge in [-0.2, -0.15) is 8.78 Å². The lowest BCUT2D eigenvalue weighted by molar-refractivity contribution is -0.275. The molecule has 0 aromatic heterocycles. The molecule has 2 nitrogen and oxygen atoms in total. The third-order valence-electron chi connectivity index (χ3n) is 4.59. The maximum absolute atomic E-state index is 14.4. The number of alkyl halides is 5. The fourth-order valence-corrected chi connectivity index (χ4v) is 3.00. The van der Waals surface area contributed by atoms with Gasteiger partial charge < -0.3 is 9.47 Å². The fraction of sp³-hybridized carbons (Fsp3) is 0.217. The average molecular weight is 476 g/mol. The van der Waals surface area contributed by atoms with Crippen molar-refractivity contribution in [3.8, 4) is 22.6 Å². The van der Waals surface area contributed by atoms with Crippen LogP contribution in [-0.2, 0) is 6.42 Å². The van der Waals surface area contributed by atoms with E-state index in [0.717, 1.165) is 17.7 Å². The molecule has 3 aromatic rings. The first kappa shape index (κ1) is 24.3. The first-order valence-corrected chi connectivity index (χ1v) is 9.50. The predicted octanol–water partition coefficient (Wildman–Crippen LogP) is 7.58. The van der Waals surface area contributed by atoms with Crippen LogP contribution in [0.2, 0.25) is 0 Å². The van der Waals surface area contributed by atoms with E-state index < -0.39 is 59.8 Å². The Bertz CT molecular complexity index is 1100. The molecule has 3 rings (SSSR count). The normalized spacial score (nSPS) is 12.0. The van der Waals surface area contributed by atoms with E-state index >= 15 is 0 Å². The van der Waals surface area contributed by atoms with Crippen molar-refractivity contribution in [2.24, 2.45) is 0 Å². The molecule has 3 aromatic carbocycles. The molecule has 0 N–H and O–H groups in total. The molecule has 0 heterocycles. The van der Waals surface area contributed by atoms with E-state index in [1.54, 1.807) is 24.3 Å². The molecule has 0 bridgehead atoms. The Kier molecular flexibility index (Phi) is 6.85. The van der Waals surface area contributed by atoms with Gasteiger partial charge in [0, 0.05) is 11.6 Å². The predicted molar refractivity (Wildman–Crippen MR) is 104 cm³/mol. The summed E-state index contributed by atoms with van der Waals surface area (Å²) in [5.41, 5.74) is 1.13. The Morgan fingerprint density at radius 3 is 1.85 bits per heavy atom. The second kappa shape index (κ2) is 9.29. The lowest BCUT2D eigenvalue weighted by Gasteiger charge is -2.19. The summed E-state index contributed by atoms with van der Waals surface area (Å²) in [5.74, 6) is -5.65. The largest absolute Gasteiger partial charge is 0.573 e. The molecule has 0 saturated carbocycles. The molecule has 176 valence electrons. The quantitative estimate of drug-likeness (QED) is 0.327. The second-order valence-corrected chi connectivity index (χ2v) is 7.16. The smallest absolute Gasteiger partial charge is 0.432 e. The Balaban J connectivity index is 1.70. The van der Waals surface area contributed by atoms with Gasteiger partial charge in [-0.1, -0.05) is 29.8 Å². The first-order chi connectivity index (χ1) is 15.3. The zero-order valence-electron chi connectivity index (χ0n) is 17.0. The van der Waals surface area contributed by atoms with Crippen LogP contribution in [0.25, 0.3) is 11.1 Å². The summed E-state index contributed by atoms with van der Waals surface area (Å²) >= 11 is 0. The van der Waals surface area contributed by atoms with Gasteiger partial charge in [0.2, 0.25) is 0 Å². The summed E-state index contributed by atoms with van der Waals surface area (Å²) in [5, 5.41) is 0. The molecule has 0 aliphatic rings. The molecule has 0 amide bonds. The van der Waals surface area contributed by atoms with E-state index in [9.17, 15) is 35.1 Å². The van der Waals surface area contributed by atoms with Crippen molar-refractivity contribution in [3.05, 3.63) is 83.2 Å². The molecular formula is C23H16F8O2. The molecule has 0 radical (unpaired) electrons. The highest BCUT2D eigenvalue weighted by molar-refractivity contribution is 5.64. The van der Waals surface area contributed by atoms with Crippen molar-refractivity contribution in [3.63, 3.8) is 0 Å². The fourth-order valence-electron chi connectivity index (χ4n) is 3.00. The summed E-state index contributed by atoms with van der Waals surface area (Å²) in [4.78, 5) is 0. The van der Waals surface area contributed by atoms with Gasteiger partial charge in [-0.3, -0.25) is 0 Å². The van der Waals surface area contributed by atoms with Gasteiger partial charge in [0.1, 0.15) is 17.4 Å². The lowest BCUT2D eigenvalue weighted by atomic mass is 10.00. The molecule has 0 fully saturated rings. The topological polar surface area (TPSA) is 18.5 Å². The van der Waals surface area contributed by atoms with Crippen LogP contribution in [-0.4, -0.2) is 12.5 Å². The second-order valence-electron chi connectivity index (χ2n) is 7.16. The van der Waals surface area contributed by atoms with Crippen LogP contribution in [0.15, 0.2) is 54.6 Å². The SMILES string of the molecule is Cc1ccc(-c2cc(F)c(CCC(F)(F)Oc3ccc(OC(F)(F)F)c(F)c3)c(F)c2)cc1. The minimum atomic E-state index is -5.17. The third kappa shape index (κ3) is 6.59. The van der Waals surface area contributed by atoms with Crippen LogP contribution >= 0.6 is 0 Å². The summed E-state index contributed by atoms with van der Waals surface area (Å²) in [6.07, 6.45) is -11.1. The van der Waals surface area contributed by atoms with Crippen molar-refractivity contribution >= 4 is 0 Å². The monoisotopic (exact) mass is 476 g/mol. The zero-order chi connectivity index (χ0) is 24.4. The van der Waals surface area contributed by atoms with Gasteiger partial charge in [0.05, 0.1) is 6.42 Å². The number of hydrogen-bond acceptors (Lipinski definition) is 2. The number of rotatable bonds is 7.